The minimum absolute atomic E-state index is 0.0486. The number of rotatable bonds is 4. The van der Waals surface area contributed by atoms with E-state index >= 15 is 0 Å². The molecule has 2 aromatic rings. The van der Waals surface area contributed by atoms with Gasteiger partial charge in [0.2, 0.25) is 5.91 Å². The molecule has 0 radical (unpaired) electrons. The van der Waals surface area contributed by atoms with Gasteiger partial charge in [-0.2, -0.15) is 0 Å². The molecule has 0 bridgehead atoms. The van der Waals surface area contributed by atoms with Crippen molar-refractivity contribution < 1.29 is 22.7 Å². The Balaban J connectivity index is 1.91. The van der Waals surface area contributed by atoms with E-state index < -0.39 is 27.9 Å². The van der Waals surface area contributed by atoms with Crippen molar-refractivity contribution in [3.63, 3.8) is 0 Å². The molecule has 1 heterocycles. The first-order valence-electron chi connectivity index (χ1n) is 7.59. The summed E-state index contributed by atoms with van der Waals surface area (Å²) < 4.78 is 31.0. The second-order valence-corrected chi connectivity index (χ2v) is 7.83. The molecule has 0 aliphatic carbocycles. The van der Waals surface area contributed by atoms with E-state index in [2.05, 4.69) is 5.32 Å². The topological polar surface area (TPSA) is 92.8 Å². The van der Waals surface area contributed by atoms with Gasteiger partial charge in [0.1, 0.15) is 16.7 Å². The normalized spacial score (nSPS) is 16.1. The summed E-state index contributed by atoms with van der Waals surface area (Å²) in [5.41, 5.74) is 0.325. The minimum Gasteiger partial charge on any atom is -0.495 e. The summed E-state index contributed by atoms with van der Waals surface area (Å²) in [6.45, 7) is 1.34. The number of ether oxygens (including phenoxy) is 1. The van der Waals surface area contributed by atoms with Gasteiger partial charge >= 0.3 is 0 Å². The SMILES string of the molecule is COc1ccc(Cl)cc1NC(=O)[C@@H](C)N1C(=O)c2ccccc2S1(=O)=O. The second-order valence-electron chi connectivity index (χ2n) is 5.61. The van der Waals surface area contributed by atoms with Gasteiger partial charge < -0.3 is 10.1 Å². The number of sulfonamides is 1. The van der Waals surface area contributed by atoms with E-state index in [9.17, 15) is 18.0 Å². The van der Waals surface area contributed by atoms with Gasteiger partial charge in [-0.3, -0.25) is 9.59 Å². The van der Waals surface area contributed by atoms with Gasteiger partial charge in [-0.1, -0.05) is 23.7 Å². The van der Waals surface area contributed by atoms with Crippen LogP contribution in [-0.2, 0) is 14.8 Å². The molecule has 0 saturated heterocycles. The molecule has 0 saturated carbocycles. The maximum absolute atomic E-state index is 12.6. The minimum atomic E-state index is -4.09. The Bertz CT molecular complexity index is 1010. The standard InChI is InChI=1S/C17H15ClN2O5S/c1-10(16(21)19-13-9-11(18)7-8-14(13)25-2)20-17(22)12-5-3-4-6-15(12)26(20,23)24/h3-10H,1-2H3,(H,19,21)/t10-/m1/s1. The maximum atomic E-state index is 12.6. The number of anilines is 1. The number of fused-ring (bicyclic) bond motifs is 1. The first-order chi connectivity index (χ1) is 12.3. The molecule has 136 valence electrons. The van der Waals surface area contributed by atoms with E-state index in [1.165, 1.54) is 38.3 Å². The number of halogens is 1. The molecule has 7 nitrogen and oxygen atoms in total. The van der Waals surface area contributed by atoms with Gasteiger partial charge in [-0.25, -0.2) is 12.7 Å². The van der Waals surface area contributed by atoms with Crippen LogP contribution >= 0.6 is 11.6 Å². The Morgan fingerprint density at radius 3 is 2.58 bits per heavy atom. The third-order valence-electron chi connectivity index (χ3n) is 4.01. The number of nitrogens with zero attached hydrogens (tertiary/aromatic N) is 1. The van der Waals surface area contributed by atoms with E-state index in [0.717, 1.165) is 0 Å². The molecular weight excluding hydrogens is 380 g/mol. The fraction of sp³-hybridized carbons (Fsp3) is 0.176. The molecule has 1 aliphatic heterocycles. The number of benzene rings is 2. The van der Waals surface area contributed by atoms with Crippen LogP contribution in [0.1, 0.15) is 17.3 Å². The van der Waals surface area contributed by atoms with Gasteiger partial charge in [-0.15, -0.1) is 0 Å². The molecule has 0 spiro atoms. The molecule has 3 rings (SSSR count). The molecule has 2 aromatic carbocycles. The number of nitrogens with one attached hydrogen (secondary N) is 1. The third-order valence-corrected chi connectivity index (χ3v) is 6.15. The Morgan fingerprint density at radius 1 is 1.23 bits per heavy atom. The van der Waals surface area contributed by atoms with Crippen molar-refractivity contribution in [3.05, 3.63) is 53.1 Å². The summed E-state index contributed by atoms with van der Waals surface area (Å²) in [4.78, 5) is 25.0. The predicted molar refractivity (Wildman–Crippen MR) is 95.9 cm³/mol. The highest BCUT2D eigenvalue weighted by Crippen LogP contribution is 2.33. The van der Waals surface area contributed by atoms with E-state index in [1.54, 1.807) is 18.2 Å². The molecule has 1 N–H and O–H groups in total. The molecular formula is C17H15ClN2O5S. The van der Waals surface area contributed by atoms with Crippen LogP contribution in [0.3, 0.4) is 0 Å². The molecule has 0 aromatic heterocycles. The number of hydrogen-bond donors (Lipinski definition) is 1. The van der Waals surface area contributed by atoms with Crippen LogP contribution in [0, 0.1) is 0 Å². The van der Waals surface area contributed by atoms with Gasteiger partial charge in [0.15, 0.2) is 0 Å². The highest BCUT2D eigenvalue weighted by Gasteiger charge is 2.45. The van der Waals surface area contributed by atoms with Gasteiger partial charge in [0.25, 0.3) is 15.9 Å². The smallest absolute Gasteiger partial charge is 0.269 e. The fourth-order valence-electron chi connectivity index (χ4n) is 2.71. The Labute approximate surface area is 155 Å². The van der Waals surface area contributed by atoms with Gasteiger partial charge in [-0.05, 0) is 37.3 Å². The summed E-state index contributed by atoms with van der Waals surface area (Å²) in [6.07, 6.45) is 0. The molecule has 1 atom stereocenters. The van der Waals surface area contributed by atoms with E-state index in [1.807, 2.05) is 0 Å². The van der Waals surface area contributed by atoms with Crippen LogP contribution in [-0.4, -0.2) is 37.7 Å². The van der Waals surface area contributed by atoms with Gasteiger partial charge in [0, 0.05) is 5.02 Å². The zero-order valence-electron chi connectivity index (χ0n) is 13.9. The largest absolute Gasteiger partial charge is 0.495 e. The average molecular weight is 395 g/mol. The van der Waals surface area contributed by atoms with Crippen LogP contribution in [0.2, 0.25) is 5.02 Å². The lowest BCUT2D eigenvalue weighted by Crippen LogP contribution is -2.45. The second kappa shape index (κ2) is 6.62. The summed E-state index contributed by atoms with van der Waals surface area (Å²) in [7, 11) is -2.67. The fourth-order valence-corrected chi connectivity index (χ4v) is 4.60. The predicted octanol–water partition coefficient (Wildman–Crippen LogP) is 2.52. The Morgan fingerprint density at radius 2 is 1.92 bits per heavy atom. The number of methoxy groups -OCH3 is 1. The summed E-state index contributed by atoms with van der Waals surface area (Å²) >= 11 is 5.93. The van der Waals surface area contributed by atoms with E-state index in [-0.39, 0.29) is 16.1 Å². The molecule has 9 heteroatoms. The summed E-state index contributed by atoms with van der Waals surface area (Å²) in [6, 6.07) is 9.21. The average Bonchev–Trinajstić information content (AvgIpc) is 2.81. The molecule has 0 unspecified atom stereocenters. The molecule has 1 aliphatic rings. The summed E-state index contributed by atoms with van der Waals surface area (Å²) in [5, 5.41) is 2.92. The Kier molecular flexibility index (Phi) is 4.64. The van der Waals surface area contributed by atoms with Crippen LogP contribution in [0.25, 0.3) is 0 Å². The summed E-state index contributed by atoms with van der Waals surface area (Å²) in [5.74, 6) is -1.06. The molecule has 0 fully saturated rings. The van der Waals surface area contributed by atoms with Crippen molar-refractivity contribution in [1.29, 1.82) is 0 Å². The van der Waals surface area contributed by atoms with E-state index in [0.29, 0.717) is 15.1 Å². The zero-order valence-corrected chi connectivity index (χ0v) is 15.5. The van der Waals surface area contributed by atoms with Crippen LogP contribution in [0.15, 0.2) is 47.4 Å². The van der Waals surface area contributed by atoms with Crippen molar-refractivity contribution in [1.82, 2.24) is 4.31 Å². The molecule has 26 heavy (non-hydrogen) atoms. The monoisotopic (exact) mass is 394 g/mol. The number of carbonyl (C=O) groups is 2. The van der Waals surface area contributed by atoms with Gasteiger partial charge in [0.05, 0.1) is 18.4 Å². The lowest BCUT2D eigenvalue weighted by atomic mass is 10.2. The lowest BCUT2D eigenvalue weighted by Gasteiger charge is -2.22. The number of amides is 2. The van der Waals surface area contributed by atoms with Crippen LogP contribution in [0.4, 0.5) is 5.69 Å². The highest BCUT2D eigenvalue weighted by atomic mass is 35.5. The van der Waals surface area contributed by atoms with Crippen molar-refractivity contribution in [2.24, 2.45) is 0 Å². The molecule has 2 amide bonds. The van der Waals surface area contributed by atoms with E-state index in [4.69, 9.17) is 16.3 Å². The number of hydrogen-bond acceptors (Lipinski definition) is 5. The van der Waals surface area contributed by atoms with Crippen molar-refractivity contribution in [2.75, 3.05) is 12.4 Å². The quantitative estimate of drug-likeness (QED) is 0.860. The zero-order chi connectivity index (χ0) is 19.1. The van der Waals surface area contributed by atoms with Crippen molar-refractivity contribution in [3.8, 4) is 5.75 Å². The van der Waals surface area contributed by atoms with Crippen molar-refractivity contribution >= 4 is 39.1 Å². The first-order valence-corrected chi connectivity index (χ1v) is 9.41. The highest BCUT2D eigenvalue weighted by molar-refractivity contribution is 7.90. The number of carbonyl (C=O) groups excluding carboxylic acids is 2. The first kappa shape index (κ1) is 18.2. The lowest BCUT2D eigenvalue weighted by molar-refractivity contribution is -0.118. The maximum Gasteiger partial charge on any atom is 0.269 e. The van der Waals surface area contributed by atoms with Crippen LogP contribution < -0.4 is 10.1 Å². The van der Waals surface area contributed by atoms with Crippen molar-refractivity contribution in [2.45, 2.75) is 17.9 Å². The van der Waals surface area contributed by atoms with Crippen LogP contribution in [0.5, 0.6) is 5.75 Å². The third kappa shape index (κ3) is 2.91. The Hall–Kier alpha value is -2.58.